The first-order valence-electron chi connectivity index (χ1n) is 7.78. The molecule has 1 atom stereocenters. The lowest BCUT2D eigenvalue weighted by atomic mass is 10.0. The van der Waals surface area contributed by atoms with Crippen LogP contribution in [0.25, 0.3) is 11.0 Å². The van der Waals surface area contributed by atoms with E-state index in [9.17, 15) is 9.90 Å². The fourth-order valence-electron chi connectivity index (χ4n) is 2.91. The third kappa shape index (κ3) is 3.15. The average molecular weight is 303 g/mol. The maximum Gasteiger partial charge on any atom is 0.336 e. The minimum atomic E-state index is -0.398. The second-order valence-electron chi connectivity index (χ2n) is 5.69. The number of phenolic OH excluding ortho intramolecular Hbond substituents is 1. The molecule has 1 aliphatic heterocycles. The van der Waals surface area contributed by atoms with Crippen molar-refractivity contribution in [3.8, 4) is 5.75 Å². The van der Waals surface area contributed by atoms with Gasteiger partial charge in [-0.2, -0.15) is 0 Å². The number of nitrogens with one attached hydrogen (secondary N) is 1. The molecule has 0 amide bonds. The van der Waals surface area contributed by atoms with Crippen LogP contribution in [0.2, 0.25) is 0 Å². The summed E-state index contributed by atoms with van der Waals surface area (Å²) in [4.78, 5) is 11.7. The minimum Gasteiger partial charge on any atom is -0.508 e. The lowest BCUT2D eigenvalue weighted by molar-refractivity contribution is 0.110. The molecule has 1 aromatic carbocycles. The lowest BCUT2D eigenvalue weighted by Crippen LogP contribution is -2.26. The van der Waals surface area contributed by atoms with Crippen LogP contribution in [0.15, 0.2) is 27.4 Å². The number of hydrogen-bond acceptors (Lipinski definition) is 5. The zero-order chi connectivity index (χ0) is 15.5. The third-order valence-electron chi connectivity index (χ3n) is 4.12. The summed E-state index contributed by atoms with van der Waals surface area (Å²) in [6.45, 7) is 4.18. The van der Waals surface area contributed by atoms with Crippen LogP contribution in [-0.2, 0) is 17.7 Å². The second-order valence-corrected chi connectivity index (χ2v) is 5.69. The molecule has 0 unspecified atom stereocenters. The van der Waals surface area contributed by atoms with Crippen molar-refractivity contribution < 1.29 is 14.3 Å². The molecule has 118 valence electrons. The fraction of sp³-hybridized carbons (Fsp3) is 0.471. The molecule has 1 aliphatic rings. The Bertz CT molecular complexity index is 716. The Morgan fingerprint density at radius 3 is 2.91 bits per heavy atom. The van der Waals surface area contributed by atoms with E-state index in [-0.39, 0.29) is 11.9 Å². The van der Waals surface area contributed by atoms with Gasteiger partial charge in [0.15, 0.2) is 0 Å². The molecule has 1 fully saturated rings. The van der Waals surface area contributed by atoms with Crippen molar-refractivity contribution in [2.75, 3.05) is 13.2 Å². The Balaban J connectivity index is 1.85. The van der Waals surface area contributed by atoms with Crippen LogP contribution in [0.4, 0.5) is 0 Å². The van der Waals surface area contributed by atoms with E-state index >= 15 is 0 Å². The van der Waals surface area contributed by atoms with Gasteiger partial charge in [-0.05, 0) is 36.5 Å². The van der Waals surface area contributed by atoms with Crippen molar-refractivity contribution >= 4 is 11.0 Å². The Hall–Kier alpha value is -1.85. The second kappa shape index (κ2) is 6.50. The SMILES string of the molecule is CCc1cc2c(CNC[C@H]3CCCO3)cc(=O)oc2cc1O. The number of phenols is 1. The van der Waals surface area contributed by atoms with E-state index in [2.05, 4.69) is 5.32 Å². The van der Waals surface area contributed by atoms with E-state index in [1.54, 1.807) is 0 Å². The molecule has 5 heteroatoms. The Labute approximate surface area is 128 Å². The van der Waals surface area contributed by atoms with Crippen LogP contribution >= 0.6 is 0 Å². The summed E-state index contributed by atoms with van der Waals surface area (Å²) < 4.78 is 10.8. The van der Waals surface area contributed by atoms with E-state index in [1.165, 1.54) is 12.1 Å². The van der Waals surface area contributed by atoms with Gasteiger partial charge in [0, 0.05) is 37.2 Å². The molecule has 0 saturated carbocycles. The average Bonchev–Trinajstić information content (AvgIpc) is 2.99. The van der Waals surface area contributed by atoms with Crippen molar-refractivity contribution in [1.29, 1.82) is 0 Å². The number of benzene rings is 1. The van der Waals surface area contributed by atoms with E-state index in [0.29, 0.717) is 12.1 Å². The van der Waals surface area contributed by atoms with Crippen LogP contribution < -0.4 is 10.9 Å². The molecule has 0 bridgehead atoms. The topological polar surface area (TPSA) is 71.7 Å². The number of aryl methyl sites for hydroxylation is 1. The van der Waals surface area contributed by atoms with Gasteiger partial charge in [-0.15, -0.1) is 0 Å². The highest BCUT2D eigenvalue weighted by Gasteiger charge is 2.15. The smallest absolute Gasteiger partial charge is 0.336 e. The van der Waals surface area contributed by atoms with E-state index < -0.39 is 5.63 Å². The standard InChI is InChI=1S/C17H21NO4/c1-2-11-6-14-12(9-18-10-13-4-3-5-21-13)7-17(20)22-16(14)8-15(11)19/h6-8,13,18-19H,2-5,9-10H2,1H3/t13-/m1/s1. The zero-order valence-corrected chi connectivity index (χ0v) is 12.7. The highest BCUT2D eigenvalue weighted by molar-refractivity contribution is 5.82. The molecule has 1 saturated heterocycles. The van der Waals surface area contributed by atoms with Gasteiger partial charge in [-0.25, -0.2) is 4.79 Å². The summed E-state index contributed by atoms with van der Waals surface area (Å²) in [6.07, 6.45) is 3.19. The first-order valence-corrected chi connectivity index (χ1v) is 7.78. The van der Waals surface area contributed by atoms with Gasteiger partial charge < -0.3 is 19.6 Å². The molecule has 22 heavy (non-hydrogen) atoms. The maximum absolute atomic E-state index is 11.7. The third-order valence-corrected chi connectivity index (χ3v) is 4.12. The van der Waals surface area contributed by atoms with Gasteiger partial charge in [0.05, 0.1) is 6.10 Å². The normalized spacial score (nSPS) is 18.1. The molecule has 2 heterocycles. The fourth-order valence-corrected chi connectivity index (χ4v) is 2.91. The van der Waals surface area contributed by atoms with Gasteiger partial charge in [0.25, 0.3) is 0 Å². The summed E-state index contributed by atoms with van der Waals surface area (Å²) in [5.74, 6) is 0.169. The highest BCUT2D eigenvalue weighted by atomic mass is 16.5. The lowest BCUT2D eigenvalue weighted by Gasteiger charge is -2.12. The van der Waals surface area contributed by atoms with Crippen molar-refractivity contribution in [3.05, 3.63) is 39.7 Å². The summed E-state index contributed by atoms with van der Waals surface area (Å²) in [5, 5.41) is 14.1. The largest absolute Gasteiger partial charge is 0.508 e. The number of rotatable bonds is 5. The summed E-state index contributed by atoms with van der Waals surface area (Å²) in [5.41, 5.74) is 1.77. The van der Waals surface area contributed by atoms with Crippen molar-refractivity contribution in [1.82, 2.24) is 5.32 Å². The van der Waals surface area contributed by atoms with Crippen molar-refractivity contribution in [2.45, 2.75) is 38.8 Å². The Morgan fingerprint density at radius 2 is 2.18 bits per heavy atom. The number of fused-ring (bicyclic) bond motifs is 1. The van der Waals surface area contributed by atoms with Gasteiger partial charge in [-0.1, -0.05) is 6.92 Å². The van der Waals surface area contributed by atoms with Crippen molar-refractivity contribution in [3.63, 3.8) is 0 Å². The first kappa shape index (κ1) is 15.1. The van der Waals surface area contributed by atoms with Crippen LogP contribution in [0, 0.1) is 0 Å². The van der Waals surface area contributed by atoms with Gasteiger partial charge in [-0.3, -0.25) is 0 Å². The van der Waals surface area contributed by atoms with Gasteiger partial charge >= 0.3 is 5.63 Å². The quantitative estimate of drug-likeness (QED) is 0.830. The molecule has 2 N–H and O–H groups in total. The van der Waals surface area contributed by atoms with Crippen molar-refractivity contribution in [2.24, 2.45) is 0 Å². The van der Waals surface area contributed by atoms with E-state index in [4.69, 9.17) is 9.15 Å². The summed E-state index contributed by atoms with van der Waals surface area (Å²) in [7, 11) is 0. The van der Waals surface area contributed by atoms with Crippen LogP contribution in [0.1, 0.15) is 30.9 Å². The molecule has 0 spiro atoms. The molecule has 0 aliphatic carbocycles. The predicted molar refractivity (Wildman–Crippen MR) is 84.2 cm³/mol. The monoisotopic (exact) mass is 303 g/mol. The molecular weight excluding hydrogens is 282 g/mol. The molecule has 1 aromatic heterocycles. The molecule has 0 radical (unpaired) electrons. The minimum absolute atomic E-state index is 0.169. The van der Waals surface area contributed by atoms with Crippen LogP contribution in [0.5, 0.6) is 5.75 Å². The van der Waals surface area contributed by atoms with Crippen LogP contribution in [0.3, 0.4) is 0 Å². The summed E-state index contributed by atoms with van der Waals surface area (Å²) in [6, 6.07) is 4.94. The van der Waals surface area contributed by atoms with E-state index in [1.807, 2.05) is 13.0 Å². The molecule has 3 rings (SSSR count). The maximum atomic E-state index is 11.7. The molecule has 2 aromatic rings. The zero-order valence-electron chi connectivity index (χ0n) is 12.7. The Morgan fingerprint density at radius 1 is 1.32 bits per heavy atom. The van der Waals surface area contributed by atoms with Gasteiger partial charge in [0.1, 0.15) is 11.3 Å². The summed E-state index contributed by atoms with van der Waals surface area (Å²) >= 11 is 0. The molecular formula is C17H21NO4. The highest BCUT2D eigenvalue weighted by Crippen LogP contribution is 2.26. The first-order chi connectivity index (χ1) is 10.7. The number of aromatic hydroxyl groups is 1. The number of hydrogen-bond donors (Lipinski definition) is 2. The predicted octanol–water partition coefficient (Wildman–Crippen LogP) is 2.33. The van der Waals surface area contributed by atoms with Crippen LogP contribution in [-0.4, -0.2) is 24.4 Å². The van der Waals surface area contributed by atoms with Gasteiger partial charge in [0.2, 0.25) is 0 Å². The Kier molecular flexibility index (Phi) is 4.45. The number of ether oxygens (including phenoxy) is 1. The molecule has 5 nitrogen and oxygen atoms in total. The van der Waals surface area contributed by atoms with E-state index in [0.717, 1.165) is 48.9 Å².